The molecule has 0 aromatic heterocycles. The van der Waals surface area contributed by atoms with Crippen molar-refractivity contribution in [1.29, 1.82) is 0 Å². The van der Waals surface area contributed by atoms with Crippen LogP contribution < -0.4 is 4.72 Å². The lowest BCUT2D eigenvalue weighted by Gasteiger charge is -2.26. The SMILES string of the molecule is CCOC(=O)c1ccc(S(=O)(=O)Nc2cc(S(=O)(=O)N3CCCCC3)ccc2C)cc1. The zero-order valence-electron chi connectivity index (χ0n) is 17.5. The van der Waals surface area contributed by atoms with Crippen LogP contribution in [0.15, 0.2) is 52.3 Å². The first-order valence-corrected chi connectivity index (χ1v) is 13.0. The average molecular weight is 467 g/mol. The third-order valence-electron chi connectivity index (χ3n) is 5.08. The molecule has 1 aliphatic rings. The van der Waals surface area contributed by atoms with Gasteiger partial charge in [-0.3, -0.25) is 4.72 Å². The molecule has 8 nitrogen and oxygen atoms in total. The summed E-state index contributed by atoms with van der Waals surface area (Å²) < 4.78 is 60.4. The van der Waals surface area contributed by atoms with Crippen molar-refractivity contribution >= 4 is 31.7 Å². The fourth-order valence-corrected chi connectivity index (χ4v) is 5.98. The smallest absolute Gasteiger partial charge is 0.338 e. The van der Waals surface area contributed by atoms with E-state index in [0.717, 1.165) is 19.3 Å². The van der Waals surface area contributed by atoms with E-state index >= 15 is 0 Å². The molecule has 0 unspecified atom stereocenters. The molecule has 0 radical (unpaired) electrons. The molecule has 0 aliphatic carbocycles. The van der Waals surface area contributed by atoms with Gasteiger partial charge in [0.25, 0.3) is 10.0 Å². The number of sulfonamides is 2. The second kappa shape index (κ2) is 9.37. The summed E-state index contributed by atoms with van der Waals surface area (Å²) in [5.41, 5.74) is 1.02. The molecule has 1 aliphatic heterocycles. The van der Waals surface area contributed by atoms with Gasteiger partial charge in [-0.15, -0.1) is 0 Å². The number of hydrogen-bond donors (Lipinski definition) is 1. The Kier molecular flexibility index (Phi) is 7.03. The molecule has 1 N–H and O–H groups in total. The maximum atomic E-state index is 12.9. The van der Waals surface area contributed by atoms with Crippen LogP contribution in [0, 0.1) is 6.92 Å². The Labute approximate surface area is 183 Å². The molecule has 10 heteroatoms. The van der Waals surface area contributed by atoms with Crippen LogP contribution in [-0.2, 0) is 24.8 Å². The highest BCUT2D eigenvalue weighted by molar-refractivity contribution is 7.92. The van der Waals surface area contributed by atoms with Crippen LogP contribution in [0.2, 0.25) is 0 Å². The summed E-state index contributed by atoms with van der Waals surface area (Å²) in [6.45, 7) is 4.52. The predicted octanol–water partition coefficient (Wildman–Crippen LogP) is 3.15. The van der Waals surface area contributed by atoms with Crippen LogP contribution in [0.1, 0.15) is 42.1 Å². The summed E-state index contributed by atoms with van der Waals surface area (Å²) in [6, 6.07) is 9.78. The highest BCUT2D eigenvalue weighted by Gasteiger charge is 2.27. The van der Waals surface area contributed by atoms with Crippen LogP contribution >= 0.6 is 0 Å². The zero-order valence-corrected chi connectivity index (χ0v) is 19.1. The molecule has 168 valence electrons. The largest absolute Gasteiger partial charge is 0.462 e. The fraction of sp³-hybridized carbons (Fsp3) is 0.381. The molecular weight excluding hydrogens is 440 g/mol. The zero-order chi connectivity index (χ0) is 22.6. The van der Waals surface area contributed by atoms with E-state index < -0.39 is 26.0 Å². The predicted molar refractivity (Wildman–Crippen MR) is 117 cm³/mol. The molecule has 0 atom stereocenters. The summed E-state index contributed by atoms with van der Waals surface area (Å²) in [5.74, 6) is -0.536. The van der Waals surface area contributed by atoms with Gasteiger partial charge < -0.3 is 4.74 Å². The second-order valence-electron chi connectivity index (χ2n) is 7.29. The Bertz CT molecular complexity index is 1150. The number of carbonyl (C=O) groups is 1. The van der Waals surface area contributed by atoms with Gasteiger partial charge in [-0.25, -0.2) is 21.6 Å². The van der Waals surface area contributed by atoms with Crippen molar-refractivity contribution in [3.63, 3.8) is 0 Å². The average Bonchev–Trinajstić information content (AvgIpc) is 2.76. The van der Waals surface area contributed by atoms with E-state index in [2.05, 4.69) is 4.72 Å². The van der Waals surface area contributed by atoms with Gasteiger partial charge in [-0.1, -0.05) is 12.5 Å². The number of nitrogens with zero attached hydrogens (tertiary/aromatic N) is 1. The molecule has 0 saturated carbocycles. The fourth-order valence-electron chi connectivity index (χ4n) is 3.31. The quantitative estimate of drug-likeness (QED) is 0.628. The van der Waals surface area contributed by atoms with Gasteiger partial charge in [0.2, 0.25) is 10.0 Å². The number of aryl methyl sites for hydroxylation is 1. The van der Waals surface area contributed by atoms with Crippen LogP contribution in [0.4, 0.5) is 5.69 Å². The molecule has 1 fully saturated rings. The van der Waals surface area contributed by atoms with Crippen molar-refractivity contribution in [1.82, 2.24) is 4.31 Å². The number of benzene rings is 2. The number of hydrogen-bond acceptors (Lipinski definition) is 6. The Morgan fingerprint density at radius 1 is 0.968 bits per heavy atom. The highest BCUT2D eigenvalue weighted by atomic mass is 32.2. The van der Waals surface area contributed by atoms with Crippen molar-refractivity contribution in [3.8, 4) is 0 Å². The van der Waals surface area contributed by atoms with Crippen molar-refractivity contribution in [2.24, 2.45) is 0 Å². The molecule has 0 amide bonds. The molecule has 1 saturated heterocycles. The Morgan fingerprint density at radius 2 is 1.58 bits per heavy atom. The minimum atomic E-state index is -3.99. The first-order valence-electron chi connectivity index (χ1n) is 10.1. The van der Waals surface area contributed by atoms with E-state index in [1.54, 1.807) is 19.9 Å². The van der Waals surface area contributed by atoms with Gasteiger partial charge in [-0.2, -0.15) is 4.31 Å². The third-order valence-corrected chi connectivity index (χ3v) is 8.36. The summed E-state index contributed by atoms with van der Waals surface area (Å²) in [6.07, 6.45) is 2.62. The number of esters is 1. The minimum absolute atomic E-state index is 0.0513. The van der Waals surface area contributed by atoms with E-state index in [9.17, 15) is 21.6 Å². The lowest BCUT2D eigenvalue weighted by molar-refractivity contribution is 0.0526. The van der Waals surface area contributed by atoms with Crippen LogP contribution in [0.5, 0.6) is 0 Å². The number of anilines is 1. The topological polar surface area (TPSA) is 110 Å². The van der Waals surface area contributed by atoms with E-state index in [4.69, 9.17) is 4.74 Å². The van der Waals surface area contributed by atoms with Crippen LogP contribution in [0.25, 0.3) is 0 Å². The number of rotatable bonds is 7. The third kappa shape index (κ3) is 5.25. The van der Waals surface area contributed by atoms with Crippen LogP contribution in [-0.4, -0.2) is 46.8 Å². The number of carbonyl (C=O) groups excluding carboxylic acids is 1. The summed E-state index contributed by atoms with van der Waals surface area (Å²) >= 11 is 0. The Morgan fingerprint density at radius 3 is 2.19 bits per heavy atom. The summed E-state index contributed by atoms with van der Waals surface area (Å²) in [4.78, 5) is 11.8. The molecular formula is C21H26N2O6S2. The molecule has 0 spiro atoms. The number of nitrogens with one attached hydrogen (secondary N) is 1. The molecule has 1 heterocycles. The minimum Gasteiger partial charge on any atom is -0.462 e. The van der Waals surface area contributed by atoms with Gasteiger partial charge >= 0.3 is 5.97 Å². The van der Waals surface area contributed by atoms with Gasteiger partial charge in [0, 0.05) is 13.1 Å². The standard InChI is InChI=1S/C21H26N2O6S2/c1-3-29-21(24)17-8-11-18(12-9-17)30(25,26)22-20-15-19(10-7-16(20)2)31(27,28)23-13-5-4-6-14-23/h7-12,15,22H,3-6,13-14H2,1-2H3. The summed E-state index contributed by atoms with van der Waals surface area (Å²) in [7, 11) is -7.68. The monoisotopic (exact) mass is 466 g/mol. The van der Waals surface area contributed by atoms with Crippen molar-refractivity contribution < 1.29 is 26.4 Å². The lowest BCUT2D eigenvalue weighted by Crippen LogP contribution is -2.35. The first-order chi connectivity index (χ1) is 14.6. The van der Waals surface area contributed by atoms with E-state index in [0.29, 0.717) is 18.7 Å². The maximum absolute atomic E-state index is 12.9. The second-order valence-corrected chi connectivity index (χ2v) is 10.9. The molecule has 2 aromatic carbocycles. The van der Waals surface area contributed by atoms with Gasteiger partial charge in [-0.05, 0) is 68.7 Å². The Hall–Kier alpha value is -2.43. The van der Waals surface area contributed by atoms with Crippen LogP contribution in [0.3, 0.4) is 0 Å². The van der Waals surface area contributed by atoms with Gasteiger partial charge in [0.15, 0.2) is 0 Å². The molecule has 0 bridgehead atoms. The molecule has 3 rings (SSSR count). The number of ether oxygens (including phenoxy) is 1. The van der Waals surface area contributed by atoms with Crippen molar-refractivity contribution in [3.05, 3.63) is 53.6 Å². The Balaban J connectivity index is 1.86. The first kappa shape index (κ1) is 23.2. The van der Waals surface area contributed by atoms with E-state index in [1.807, 2.05) is 0 Å². The normalized spacial score (nSPS) is 15.4. The highest BCUT2D eigenvalue weighted by Crippen LogP contribution is 2.27. The van der Waals surface area contributed by atoms with E-state index in [-0.39, 0.29) is 27.6 Å². The van der Waals surface area contributed by atoms with E-state index in [1.165, 1.54) is 40.7 Å². The van der Waals surface area contributed by atoms with Gasteiger partial charge in [0.05, 0.1) is 27.6 Å². The van der Waals surface area contributed by atoms with Crippen molar-refractivity contribution in [2.45, 2.75) is 42.9 Å². The lowest BCUT2D eigenvalue weighted by atomic mass is 10.2. The maximum Gasteiger partial charge on any atom is 0.338 e. The molecule has 31 heavy (non-hydrogen) atoms. The number of piperidine rings is 1. The summed E-state index contributed by atoms with van der Waals surface area (Å²) in [5, 5.41) is 0. The molecule has 2 aromatic rings. The van der Waals surface area contributed by atoms with Gasteiger partial charge in [0.1, 0.15) is 0 Å². The van der Waals surface area contributed by atoms with Crippen molar-refractivity contribution in [2.75, 3.05) is 24.4 Å².